The third-order valence-electron chi connectivity index (χ3n) is 3.65. The molecule has 1 atom stereocenters. The Hall–Kier alpha value is -1.02. The Labute approximate surface area is 98.9 Å². The van der Waals surface area contributed by atoms with Crippen molar-refractivity contribution in [1.29, 1.82) is 0 Å². The fourth-order valence-electron chi connectivity index (χ4n) is 2.38. The number of hydrogen-bond acceptors (Lipinski definition) is 2. The lowest BCUT2D eigenvalue weighted by molar-refractivity contribution is 0.213. The average molecular weight is 218 g/mol. The number of rotatable bonds is 2. The Morgan fingerprint density at radius 1 is 1.19 bits per heavy atom. The molecule has 0 amide bonds. The van der Waals surface area contributed by atoms with E-state index in [1.165, 1.54) is 24.2 Å². The second-order valence-corrected chi connectivity index (χ2v) is 4.82. The summed E-state index contributed by atoms with van der Waals surface area (Å²) in [7, 11) is 2.24. The molecule has 1 heterocycles. The molecule has 0 aromatic heterocycles. The van der Waals surface area contributed by atoms with Gasteiger partial charge < -0.3 is 4.90 Å². The molecule has 1 aliphatic rings. The van der Waals surface area contributed by atoms with Gasteiger partial charge in [0.05, 0.1) is 0 Å². The first-order valence-corrected chi connectivity index (χ1v) is 6.22. The molecule has 0 radical (unpaired) electrons. The zero-order chi connectivity index (χ0) is 11.5. The summed E-state index contributed by atoms with van der Waals surface area (Å²) in [5, 5.41) is 0. The van der Waals surface area contributed by atoms with Crippen molar-refractivity contribution in [2.24, 2.45) is 0 Å². The van der Waals surface area contributed by atoms with Gasteiger partial charge in [0, 0.05) is 31.4 Å². The lowest BCUT2D eigenvalue weighted by Crippen LogP contribution is -2.51. The van der Waals surface area contributed by atoms with Crippen LogP contribution in [0, 0.1) is 6.92 Å². The highest BCUT2D eigenvalue weighted by Crippen LogP contribution is 2.20. The lowest BCUT2D eigenvalue weighted by atomic mass is 10.1. The first-order chi connectivity index (χ1) is 7.70. The maximum absolute atomic E-state index is 2.51. The minimum absolute atomic E-state index is 0.704. The van der Waals surface area contributed by atoms with Crippen LogP contribution in [0.1, 0.15) is 18.9 Å². The molecule has 2 rings (SSSR count). The Bertz CT molecular complexity index is 331. The largest absolute Gasteiger partial charge is 0.369 e. The van der Waals surface area contributed by atoms with Crippen molar-refractivity contribution < 1.29 is 0 Å². The summed E-state index contributed by atoms with van der Waals surface area (Å²) >= 11 is 0. The van der Waals surface area contributed by atoms with Crippen molar-refractivity contribution in [3.8, 4) is 0 Å². The van der Waals surface area contributed by atoms with Crippen LogP contribution in [0.4, 0.5) is 5.69 Å². The van der Waals surface area contributed by atoms with E-state index in [4.69, 9.17) is 0 Å². The number of likely N-dealkylation sites (N-methyl/N-ethyl adjacent to an activating group) is 1. The minimum Gasteiger partial charge on any atom is -0.369 e. The molecule has 0 N–H and O–H groups in total. The van der Waals surface area contributed by atoms with Crippen LogP contribution in [0.5, 0.6) is 0 Å². The molecule has 2 nitrogen and oxygen atoms in total. The standard InChI is InChI=1S/C14H22N2/c1-4-13-11-16(10-9-15(13)3)14-7-5-12(2)6-8-14/h5-8,13H,4,9-11H2,1-3H3/t13-/m1/s1. The van der Waals surface area contributed by atoms with Crippen LogP contribution in [0.3, 0.4) is 0 Å². The summed E-state index contributed by atoms with van der Waals surface area (Å²) in [6, 6.07) is 9.60. The van der Waals surface area contributed by atoms with Gasteiger partial charge in [-0.05, 0) is 32.5 Å². The topological polar surface area (TPSA) is 6.48 Å². The number of hydrogen-bond donors (Lipinski definition) is 0. The number of aryl methyl sites for hydroxylation is 1. The molecule has 0 unspecified atom stereocenters. The Balaban J connectivity index is 2.08. The second kappa shape index (κ2) is 4.88. The Morgan fingerprint density at radius 3 is 2.50 bits per heavy atom. The quantitative estimate of drug-likeness (QED) is 0.752. The van der Waals surface area contributed by atoms with Crippen molar-refractivity contribution >= 4 is 5.69 Å². The van der Waals surface area contributed by atoms with Crippen LogP contribution in [-0.4, -0.2) is 37.6 Å². The van der Waals surface area contributed by atoms with Gasteiger partial charge in [0.25, 0.3) is 0 Å². The average Bonchev–Trinajstić information content (AvgIpc) is 2.31. The van der Waals surface area contributed by atoms with E-state index < -0.39 is 0 Å². The van der Waals surface area contributed by atoms with Crippen molar-refractivity contribution in [1.82, 2.24) is 4.90 Å². The van der Waals surface area contributed by atoms with Crippen LogP contribution < -0.4 is 4.90 Å². The lowest BCUT2D eigenvalue weighted by Gasteiger charge is -2.40. The van der Waals surface area contributed by atoms with E-state index >= 15 is 0 Å². The summed E-state index contributed by atoms with van der Waals surface area (Å²) in [4.78, 5) is 4.98. The zero-order valence-corrected chi connectivity index (χ0v) is 10.6. The Morgan fingerprint density at radius 2 is 1.88 bits per heavy atom. The highest BCUT2D eigenvalue weighted by molar-refractivity contribution is 5.48. The van der Waals surface area contributed by atoms with Crippen LogP contribution >= 0.6 is 0 Å². The van der Waals surface area contributed by atoms with Gasteiger partial charge in [0.1, 0.15) is 0 Å². The third kappa shape index (κ3) is 2.38. The first-order valence-electron chi connectivity index (χ1n) is 6.22. The van der Waals surface area contributed by atoms with Crippen LogP contribution in [0.2, 0.25) is 0 Å². The number of nitrogens with zero attached hydrogens (tertiary/aromatic N) is 2. The van der Waals surface area contributed by atoms with Crippen LogP contribution in [-0.2, 0) is 0 Å². The van der Waals surface area contributed by atoms with Gasteiger partial charge in [-0.25, -0.2) is 0 Å². The number of benzene rings is 1. The van der Waals surface area contributed by atoms with E-state index in [-0.39, 0.29) is 0 Å². The van der Waals surface area contributed by atoms with Gasteiger partial charge in [0.2, 0.25) is 0 Å². The maximum Gasteiger partial charge on any atom is 0.0367 e. The second-order valence-electron chi connectivity index (χ2n) is 4.82. The molecular weight excluding hydrogens is 196 g/mol. The minimum atomic E-state index is 0.704. The maximum atomic E-state index is 2.51. The number of piperazine rings is 1. The van der Waals surface area contributed by atoms with E-state index in [0.29, 0.717) is 6.04 Å². The summed E-state index contributed by atoms with van der Waals surface area (Å²) < 4.78 is 0. The van der Waals surface area contributed by atoms with E-state index in [9.17, 15) is 0 Å². The molecule has 2 heteroatoms. The van der Waals surface area contributed by atoms with Gasteiger partial charge in [-0.3, -0.25) is 4.90 Å². The fourth-order valence-corrected chi connectivity index (χ4v) is 2.38. The van der Waals surface area contributed by atoms with Crippen molar-refractivity contribution in [2.45, 2.75) is 26.3 Å². The summed E-state index contributed by atoms with van der Waals surface area (Å²) in [6.07, 6.45) is 1.23. The molecule has 0 spiro atoms. The molecule has 16 heavy (non-hydrogen) atoms. The van der Waals surface area contributed by atoms with Crippen molar-refractivity contribution in [3.05, 3.63) is 29.8 Å². The fraction of sp³-hybridized carbons (Fsp3) is 0.571. The molecule has 88 valence electrons. The molecule has 1 saturated heterocycles. The molecular formula is C14H22N2. The van der Waals surface area contributed by atoms with E-state index in [1.54, 1.807) is 0 Å². The van der Waals surface area contributed by atoms with Gasteiger partial charge in [-0.2, -0.15) is 0 Å². The normalized spacial score (nSPS) is 22.4. The predicted molar refractivity (Wildman–Crippen MR) is 70.1 cm³/mol. The van der Waals surface area contributed by atoms with Crippen LogP contribution in [0.25, 0.3) is 0 Å². The zero-order valence-electron chi connectivity index (χ0n) is 10.6. The Kier molecular flexibility index (Phi) is 3.49. The highest BCUT2D eigenvalue weighted by Gasteiger charge is 2.22. The summed E-state index contributed by atoms with van der Waals surface area (Å²) in [6.45, 7) is 7.90. The molecule has 0 aliphatic carbocycles. The van der Waals surface area contributed by atoms with Gasteiger partial charge in [-0.1, -0.05) is 24.6 Å². The third-order valence-corrected chi connectivity index (χ3v) is 3.65. The van der Waals surface area contributed by atoms with Crippen molar-refractivity contribution in [3.63, 3.8) is 0 Å². The van der Waals surface area contributed by atoms with E-state index in [1.807, 2.05) is 0 Å². The number of anilines is 1. The summed E-state index contributed by atoms with van der Waals surface area (Å²) in [5.41, 5.74) is 2.71. The smallest absolute Gasteiger partial charge is 0.0367 e. The molecule has 0 bridgehead atoms. The van der Waals surface area contributed by atoms with Gasteiger partial charge in [-0.15, -0.1) is 0 Å². The van der Waals surface area contributed by atoms with Crippen molar-refractivity contribution in [2.75, 3.05) is 31.6 Å². The molecule has 1 fully saturated rings. The van der Waals surface area contributed by atoms with E-state index in [0.717, 1.165) is 13.1 Å². The van der Waals surface area contributed by atoms with Gasteiger partial charge in [0.15, 0.2) is 0 Å². The SMILES string of the molecule is CC[C@@H]1CN(c2ccc(C)cc2)CCN1C. The van der Waals surface area contributed by atoms with E-state index in [2.05, 4.69) is 55.0 Å². The van der Waals surface area contributed by atoms with Crippen LogP contribution in [0.15, 0.2) is 24.3 Å². The molecule has 1 aromatic carbocycles. The monoisotopic (exact) mass is 218 g/mol. The molecule has 1 aromatic rings. The summed E-state index contributed by atoms with van der Waals surface area (Å²) in [5.74, 6) is 0. The van der Waals surface area contributed by atoms with Gasteiger partial charge >= 0.3 is 0 Å². The highest BCUT2D eigenvalue weighted by atomic mass is 15.3. The molecule has 1 aliphatic heterocycles. The first kappa shape index (κ1) is 11.5. The molecule has 0 saturated carbocycles. The predicted octanol–water partition coefficient (Wildman–Crippen LogP) is 2.53.